The fraction of sp³-hybridized carbons (Fsp3) is 0.951. The molecule has 48 heavy (non-hydrogen) atoms. The Bertz CT molecular complexity index is 663. The SMILES string of the molecule is CCCCCCCCCCCCCCNC(=O)CCNCCN(CCCCCN)CCC(=O)NCCCCCCCCCCCCCC. The van der Waals surface area contributed by atoms with Crippen LogP contribution in [0.1, 0.15) is 200 Å². The Kier molecular flexibility index (Phi) is 39.3. The second kappa shape index (κ2) is 40.3. The van der Waals surface area contributed by atoms with Crippen LogP contribution in [0, 0.1) is 0 Å². The largest absolute Gasteiger partial charge is 0.356 e. The average Bonchev–Trinajstić information content (AvgIpc) is 3.09. The van der Waals surface area contributed by atoms with Crippen molar-refractivity contribution in [2.75, 3.05) is 52.4 Å². The fourth-order valence-electron chi connectivity index (χ4n) is 6.38. The summed E-state index contributed by atoms with van der Waals surface area (Å²) in [4.78, 5) is 27.1. The number of hydrogen-bond acceptors (Lipinski definition) is 5. The van der Waals surface area contributed by atoms with E-state index in [2.05, 4.69) is 34.7 Å². The van der Waals surface area contributed by atoms with Crippen molar-refractivity contribution in [2.45, 2.75) is 200 Å². The van der Waals surface area contributed by atoms with Gasteiger partial charge in [0.2, 0.25) is 11.8 Å². The molecule has 0 unspecified atom stereocenters. The molecule has 5 N–H and O–H groups in total. The van der Waals surface area contributed by atoms with Crippen molar-refractivity contribution in [1.29, 1.82) is 0 Å². The van der Waals surface area contributed by atoms with E-state index in [1.165, 1.54) is 141 Å². The zero-order valence-electron chi connectivity index (χ0n) is 32.5. The lowest BCUT2D eigenvalue weighted by Crippen LogP contribution is -2.37. The van der Waals surface area contributed by atoms with Crippen molar-refractivity contribution in [1.82, 2.24) is 20.9 Å². The molecular weight excluding hydrogens is 594 g/mol. The Morgan fingerprint density at radius 2 is 0.812 bits per heavy atom. The minimum atomic E-state index is 0.147. The van der Waals surface area contributed by atoms with E-state index in [0.717, 1.165) is 77.9 Å². The smallest absolute Gasteiger partial charge is 0.221 e. The highest BCUT2D eigenvalue weighted by molar-refractivity contribution is 5.76. The summed E-state index contributed by atoms with van der Waals surface area (Å²) in [6.07, 6.45) is 36.4. The van der Waals surface area contributed by atoms with E-state index in [0.29, 0.717) is 19.4 Å². The molecule has 0 aliphatic rings. The molecule has 0 saturated heterocycles. The van der Waals surface area contributed by atoms with Gasteiger partial charge in [0.15, 0.2) is 0 Å². The summed E-state index contributed by atoms with van der Waals surface area (Å²) in [5, 5.41) is 9.67. The second-order valence-electron chi connectivity index (χ2n) is 14.4. The molecule has 0 aliphatic carbocycles. The van der Waals surface area contributed by atoms with Gasteiger partial charge in [0, 0.05) is 52.1 Å². The molecule has 0 atom stereocenters. The summed E-state index contributed by atoms with van der Waals surface area (Å²) < 4.78 is 0. The monoisotopic (exact) mass is 680 g/mol. The number of carbonyl (C=O) groups excluding carboxylic acids is 2. The number of nitrogens with zero attached hydrogens (tertiary/aromatic N) is 1. The van der Waals surface area contributed by atoms with Crippen LogP contribution in [0.25, 0.3) is 0 Å². The van der Waals surface area contributed by atoms with Crippen LogP contribution in [0.2, 0.25) is 0 Å². The first-order chi connectivity index (χ1) is 23.6. The van der Waals surface area contributed by atoms with Crippen LogP contribution in [0.3, 0.4) is 0 Å². The van der Waals surface area contributed by atoms with E-state index >= 15 is 0 Å². The minimum absolute atomic E-state index is 0.147. The van der Waals surface area contributed by atoms with Crippen LogP contribution in [0.5, 0.6) is 0 Å². The Labute approximate surface area is 299 Å². The first-order valence-electron chi connectivity index (χ1n) is 21.3. The number of nitrogens with two attached hydrogens (primary N) is 1. The van der Waals surface area contributed by atoms with Gasteiger partial charge in [0.05, 0.1) is 0 Å². The van der Waals surface area contributed by atoms with Crippen molar-refractivity contribution in [2.24, 2.45) is 5.73 Å². The Morgan fingerprint density at radius 3 is 1.25 bits per heavy atom. The maximum absolute atomic E-state index is 12.5. The van der Waals surface area contributed by atoms with Gasteiger partial charge < -0.3 is 26.6 Å². The van der Waals surface area contributed by atoms with Gasteiger partial charge in [-0.1, -0.05) is 162 Å². The van der Waals surface area contributed by atoms with Gasteiger partial charge in [-0.05, 0) is 38.8 Å². The maximum Gasteiger partial charge on any atom is 0.221 e. The molecule has 0 aliphatic heterocycles. The van der Waals surface area contributed by atoms with Crippen LogP contribution in [0.4, 0.5) is 0 Å². The number of hydrogen-bond donors (Lipinski definition) is 4. The van der Waals surface area contributed by atoms with Crippen molar-refractivity contribution >= 4 is 11.8 Å². The molecule has 0 rings (SSSR count). The Hall–Kier alpha value is -1.18. The van der Waals surface area contributed by atoms with Gasteiger partial charge >= 0.3 is 0 Å². The van der Waals surface area contributed by atoms with Gasteiger partial charge in [-0.2, -0.15) is 0 Å². The summed E-state index contributed by atoms with van der Waals surface area (Å²) in [6.45, 7) is 11.1. The van der Waals surface area contributed by atoms with E-state index < -0.39 is 0 Å². The summed E-state index contributed by atoms with van der Waals surface area (Å²) >= 11 is 0. The molecular formula is C41H85N5O2. The highest BCUT2D eigenvalue weighted by Crippen LogP contribution is 2.13. The first-order valence-corrected chi connectivity index (χ1v) is 21.3. The van der Waals surface area contributed by atoms with Crippen molar-refractivity contribution in [3.63, 3.8) is 0 Å². The maximum atomic E-state index is 12.5. The van der Waals surface area contributed by atoms with E-state index in [9.17, 15) is 9.59 Å². The molecule has 2 amide bonds. The van der Waals surface area contributed by atoms with Gasteiger partial charge in [0.25, 0.3) is 0 Å². The molecule has 0 heterocycles. The van der Waals surface area contributed by atoms with Gasteiger partial charge in [-0.25, -0.2) is 0 Å². The minimum Gasteiger partial charge on any atom is -0.356 e. The summed E-state index contributed by atoms with van der Waals surface area (Å²) in [5.74, 6) is 0.317. The van der Waals surface area contributed by atoms with Crippen LogP contribution >= 0.6 is 0 Å². The molecule has 0 aromatic carbocycles. The van der Waals surface area contributed by atoms with Crippen molar-refractivity contribution in [3.8, 4) is 0 Å². The molecule has 0 spiro atoms. The molecule has 0 radical (unpaired) electrons. The number of unbranched alkanes of at least 4 members (excludes halogenated alkanes) is 24. The fourth-order valence-corrected chi connectivity index (χ4v) is 6.38. The lowest BCUT2D eigenvalue weighted by molar-refractivity contribution is -0.122. The average molecular weight is 680 g/mol. The molecule has 0 fully saturated rings. The van der Waals surface area contributed by atoms with Crippen molar-refractivity contribution in [3.05, 3.63) is 0 Å². The second-order valence-corrected chi connectivity index (χ2v) is 14.4. The van der Waals surface area contributed by atoms with E-state index in [1.807, 2.05) is 0 Å². The highest BCUT2D eigenvalue weighted by atomic mass is 16.2. The molecule has 7 heteroatoms. The van der Waals surface area contributed by atoms with Crippen LogP contribution < -0.4 is 21.7 Å². The number of rotatable bonds is 40. The van der Waals surface area contributed by atoms with Crippen LogP contribution in [-0.2, 0) is 9.59 Å². The Balaban J connectivity index is 3.81. The summed E-state index contributed by atoms with van der Waals surface area (Å²) in [6, 6.07) is 0. The number of carbonyl (C=O) groups is 2. The van der Waals surface area contributed by atoms with Crippen molar-refractivity contribution < 1.29 is 9.59 Å². The third-order valence-corrected chi connectivity index (χ3v) is 9.67. The molecule has 0 saturated carbocycles. The normalized spacial score (nSPS) is 11.4. The standard InChI is InChI=1S/C41H85N5O2/c1-3-5-7-9-11-13-15-17-19-21-23-27-33-44-40(47)30-35-43-36-39-46(37-29-25-26-32-42)38-31-41(48)45-34-28-24-22-20-18-16-14-12-10-8-6-4-2/h43H,3-39,42H2,1-2H3,(H,44,47)(H,45,48). The quantitative estimate of drug-likeness (QED) is 0.0484. The topological polar surface area (TPSA) is 99.5 Å². The third-order valence-electron chi connectivity index (χ3n) is 9.67. The third kappa shape index (κ3) is 37.6. The number of amides is 2. The molecule has 0 bridgehead atoms. The predicted molar refractivity (Wildman–Crippen MR) is 210 cm³/mol. The summed E-state index contributed by atoms with van der Waals surface area (Å²) in [5.41, 5.74) is 5.68. The Morgan fingerprint density at radius 1 is 0.417 bits per heavy atom. The summed E-state index contributed by atoms with van der Waals surface area (Å²) in [7, 11) is 0. The molecule has 0 aromatic rings. The van der Waals surface area contributed by atoms with Gasteiger partial charge in [-0.15, -0.1) is 0 Å². The molecule has 0 aromatic heterocycles. The number of nitrogens with one attached hydrogen (secondary N) is 3. The molecule has 7 nitrogen and oxygen atoms in total. The predicted octanol–water partition coefficient (Wildman–Crippen LogP) is 9.42. The van der Waals surface area contributed by atoms with Gasteiger partial charge in [-0.3, -0.25) is 9.59 Å². The zero-order chi connectivity index (χ0) is 35.0. The lowest BCUT2D eigenvalue weighted by Gasteiger charge is -2.22. The lowest BCUT2D eigenvalue weighted by atomic mass is 10.1. The van der Waals surface area contributed by atoms with Crippen LogP contribution in [0.15, 0.2) is 0 Å². The highest BCUT2D eigenvalue weighted by Gasteiger charge is 2.09. The van der Waals surface area contributed by atoms with E-state index in [1.54, 1.807) is 0 Å². The van der Waals surface area contributed by atoms with Gasteiger partial charge in [0.1, 0.15) is 0 Å². The van der Waals surface area contributed by atoms with E-state index in [-0.39, 0.29) is 11.8 Å². The first kappa shape index (κ1) is 46.8. The molecule has 286 valence electrons. The van der Waals surface area contributed by atoms with E-state index in [4.69, 9.17) is 5.73 Å². The van der Waals surface area contributed by atoms with Crippen LogP contribution in [-0.4, -0.2) is 69.1 Å². The zero-order valence-corrected chi connectivity index (χ0v) is 32.5.